The molecule has 0 fully saturated rings. The molecule has 0 saturated heterocycles. The third-order valence-corrected chi connectivity index (χ3v) is 4.58. The molecule has 4 heteroatoms. The Morgan fingerprint density at radius 3 is 2.52 bits per heavy atom. The second-order valence-electron chi connectivity index (χ2n) is 7.29. The van der Waals surface area contributed by atoms with Crippen molar-refractivity contribution in [2.75, 3.05) is 0 Å². The second kappa shape index (κ2) is 7.35. The summed E-state index contributed by atoms with van der Waals surface area (Å²) in [6.07, 6.45) is 2.80. The van der Waals surface area contributed by atoms with Crippen molar-refractivity contribution in [2.24, 2.45) is 5.92 Å². The molecule has 1 aromatic heterocycles. The first-order chi connectivity index (χ1) is 10.8. The van der Waals surface area contributed by atoms with Gasteiger partial charge in [-0.25, -0.2) is 4.68 Å². The zero-order valence-electron chi connectivity index (χ0n) is 14.7. The lowest BCUT2D eigenvalue weighted by Crippen LogP contribution is -2.36. The molecule has 1 aromatic carbocycles. The van der Waals surface area contributed by atoms with E-state index in [9.17, 15) is 4.79 Å². The molecule has 0 aliphatic heterocycles. The lowest BCUT2D eigenvalue weighted by Gasteiger charge is -2.20. The fraction of sp³-hybridized carbons (Fsp3) is 0.474. The van der Waals surface area contributed by atoms with Gasteiger partial charge in [0.05, 0.1) is 10.4 Å². The molecule has 0 saturated carbocycles. The van der Waals surface area contributed by atoms with E-state index in [-0.39, 0.29) is 11.1 Å². The van der Waals surface area contributed by atoms with Crippen LogP contribution < -0.4 is 5.56 Å². The fourth-order valence-corrected chi connectivity index (χ4v) is 3.33. The minimum Gasteiger partial charge on any atom is -0.266 e. The Morgan fingerprint density at radius 2 is 1.87 bits per heavy atom. The Balaban J connectivity index is 2.14. The van der Waals surface area contributed by atoms with E-state index in [2.05, 4.69) is 43.2 Å². The van der Waals surface area contributed by atoms with Crippen molar-refractivity contribution in [3.63, 3.8) is 0 Å². The predicted octanol–water partition coefficient (Wildman–Crippen LogP) is 4.49. The molecule has 0 amide bonds. The zero-order valence-corrected chi connectivity index (χ0v) is 15.5. The minimum absolute atomic E-state index is 0.0108. The van der Waals surface area contributed by atoms with Gasteiger partial charge in [0.2, 0.25) is 0 Å². The quantitative estimate of drug-likeness (QED) is 0.758. The van der Waals surface area contributed by atoms with Crippen molar-refractivity contribution in [2.45, 2.75) is 57.2 Å². The van der Waals surface area contributed by atoms with Gasteiger partial charge < -0.3 is 0 Å². The summed E-state index contributed by atoms with van der Waals surface area (Å²) in [5, 5.41) is 4.20. The van der Waals surface area contributed by atoms with Crippen LogP contribution in [0.1, 0.15) is 45.7 Å². The Hall–Kier alpha value is -1.55. The number of aromatic nitrogens is 2. The molecule has 0 N–H and O–H groups in total. The summed E-state index contributed by atoms with van der Waals surface area (Å²) in [4.78, 5) is 13.3. The molecule has 2 rings (SSSR count). The predicted molar refractivity (Wildman–Crippen MR) is 98.0 cm³/mol. The first-order valence-corrected chi connectivity index (χ1v) is 9.05. The highest BCUT2D eigenvalue weighted by atomic mass is 32.2. The maximum absolute atomic E-state index is 12.5. The van der Waals surface area contributed by atoms with E-state index in [1.54, 1.807) is 22.6 Å². The third-order valence-electron chi connectivity index (χ3n) is 3.48. The van der Waals surface area contributed by atoms with Crippen LogP contribution >= 0.6 is 11.8 Å². The molecule has 0 unspecified atom stereocenters. The van der Waals surface area contributed by atoms with E-state index >= 15 is 0 Å². The van der Waals surface area contributed by atoms with Gasteiger partial charge in [-0.1, -0.05) is 38.1 Å². The van der Waals surface area contributed by atoms with Gasteiger partial charge in [-0.2, -0.15) is 5.10 Å². The highest BCUT2D eigenvalue weighted by Gasteiger charge is 2.17. The molecule has 0 aliphatic rings. The SMILES string of the molecule is CC(C)Cc1cccc(CSc2ccnn(C(C)(C)C)c2=O)c1. The summed E-state index contributed by atoms with van der Waals surface area (Å²) in [6.45, 7) is 10.4. The molecular formula is C19H26N2OS. The number of rotatable bonds is 5. The maximum atomic E-state index is 12.5. The van der Waals surface area contributed by atoms with Crippen LogP contribution in [-0.4, -0.2) is 9.78 Å². The monoisotopic (exact) mass is 330 g/mol. The van der Waals surface area contributed by atoms with Crippen LogP contribution in [-0.2, 0) is 17.7 Å². The van der Waals surface area contributed by atoms with Crippen molar-refractivity contribution in [1.82, 2.24) is 9.78 Å². The normalized spacial score (nSPS) is 11.9. The highest BCUT2D eigenvalue weighted by Crippen LogP contribution is 2.21. The standard InChI is InChI=1S/C19H26N2OS/c1-14(2)11-15-7-6-8-16(12-15)13-23-17-9-10-20-21(18(17)22)19(3,4)5/h6-10,12,14H,11,13H2,1-5H3. The topological polar surface area (TPSA) is 34.9 Å². The van der Waals surface area contributed by atoms with Gasteiger partial charge in [-0.15, -0.1) is 11.8 Å². The van der Waals surface area contributed by atoms with Gasteiger partial charge in [0.15, 0.2) is 0 Å². The molecule has 0 aliphatic carbocycles. The largest absolute Gasteiger partial charge is 0.280 e. The molecule has 0 spiro atoms. The van der Waals surface area contributed by atoms with Gasteiger partial charge in [0, 0.05) is 11.9 Å². The van der Waals surface area contributed by atoms with Gasteiger partial charge in [-0.3, -0.25) is 4.79 Å². The Kier molecular flexibility index (Phi) is 5.69. The van der Waals surface area contributed by atoms with Crippen LogP contribution in [0.15, 0.2) is 46.2 Å². The Bertz CT molecular complexity index is 714. The summed E-state index contributed by atoms with van der Waals surface area (Å²) in [5.41, 5.74) is 2.31. The van der Waals surface area contributed by atoms with Crippen LogP contribution in [0.3, 0.4) is 0 Å². The number of hydrogen-bond acceptors (Lipinski definition) is 3. The van der Waals surface area contributed by atoms with Gasteiger partial charge in [0.25, 0.3) is 5.56 Å². The molecular weight excluding hydrogens is 304 g/mol. The van der Waals surface area contributed by atoms with Crippen LogP contribution in [0.4, 0.5) is 0 Å². The summed E-state index contributed by atoms with van der Waals surface area (Å²) >= 11 is 1.58. The molecule has 124 valence electrons. The van der Waals surface area contributed by atoms with Crippen LogP contribution in [0, 0.1) is 5.92 Å². The Morgan fingerprint density at radius 1 is 1.17 bits per heavy atom. The average molecular weight is 330 g/mol. The van der Waals surface area contributed by atoms with E-state index in [4.69, 9.17) is 0 Å². The van der Waals surface area contributed by atoms with Crippen LogP contribution in [0.2, 0.25) is 0 Å². The first-order valence-electron chi connectivity index (χ1n) is 8.07. The molecule has 2 aromatic rings. The fourth-order valence-electron chi connectivity index (χ4n) is 2.46. The van der Waals surface area contributed by atoms with Gasteiger partial charge in [0.1, 0.15) is 0 Å². The lowest BCUT2D eigenvalue weighted by atomic mass is 10.0. The third kappa shape index (κ3) is 4.96. The van der Waals surface area contributed by atoms with Crippen LogP contribution in [0.5, 0.6) is 0 Å². The minimum atomic E-state index is -0.301. The Labute approximate surface area is 143 Å². The van der Waals surface area contributed by atoms with E-state index in [0.29, 0.717) is 5.92 Å². The number of benzene rings is 1. The summed E-state index contributed by atoms with van der Waals surface area (Å²) in [5.74, 6) is 1.45. The van der Waals surface area contributed by atoms with E-state index in [1.807, 2.05) is 26.8 Å². The molecule has 23 heavy (non-hydrogen) atoms. The zero-order chi connectivity index (χ0) is 17.0. The smallest absolute Gasteiger partial charge is 0.266 e. The molecule has 0 bridgehead atoms. The number of thioether (sulfide) groups is 1. The van der Waals surface area contributed by atoms with Gasteiger partial charge >= 0.3 is 0 Å². The molecule has 0 atom stereocenters. The van der Waals surface area contributed by atoms with Gasteiger partial charge in [-0.05, 0) is 50.3 Å². The van der Waals surface area contributed by atoms with Crippen molar-refractivity contribution in [1.29, 1.82) is 0 Å². The van der Waals surface area contributed by atoms with Crippen molar-refractivity contribution >= 4 is 11.8 Å². The molecule has 0 radical (unpaired) electrons. The number of hydrogen-bond donors (Lipinski definition) is 0. The maximum Gasteiger partial charge on any atom is 0.280 e. The van der Waals surface area contributed by atoms with E-state index < -0.39 is 0 Å². The molecule has 3 nitrogen and oxygen atoms in total. The van der Waals surface area contributed by atoms with Crippen molar-refractivity contribution in [3.8, 4) is 0 Å². The number of nitrogens with zero attached hydrogens (tertiary/aromatic N) is 2. The summed E-state index contributed by atoms with van der Waals surface area (Å²) < 4.78 is 1.56. The van der Waals surface area contributed by atoms with Crippen molar-refractivity contribution in [3.05, 3.63) is 58.0 Å². The first kappa shape index (κ1) is 17.8. The second-order valence-corrected chi connectivity index (χ2v) is 8.31. The summed E-state index contributed by atoms with van der Waals surface area (Å²) in [7, 11) is 0. The van der Waals surface area contributed by atoms with E-state index in [0.717, 1.165) is 17.1 Å². The van der Waals surface area contributed by atoms with Crippen LogP contribution in [0.25, 0.3) is 0 Å². The summed E-state index contributed by atoms with van der Waals surface area (Å²) in [6, 6.07) is 10.5. The highest BCUT2D eigenvalue weighted by molar-refractivity contribution is 7.98. The average Bonchev–Trinajstić information content (AvgIpc) is 2.44. The lowest BCUT2D eigenvalue weighted by molar-refractivity contribution is 0.333. The van der Waals surface area contributed by atoms with Crippen molar-refractivity contribution < 1.29 is 0 Å². The van der Waals surface area contributed by atoms with E-state index in [1.165, 1.54) is 11.1 Å². The molecule has 1 heterocycles.